The predicted molar refractivity (Wildman–Crippen MR) is 157 cm³/mol. The lowest BCUT2D eigenvalue weighted by Crippen LogP contribution is -2.41. The lowest BCUT2D eigenvalue weighted by Gasteiger charge is -2.29. The third kappa shape index (κ3) is 7.19. The molecule has 0 spiro atoms. The molecule has 1 saturated heterocycles. The number of hydrogen-bond acceptors (Lipinski definition) is 9. The van der Waals surface area contributed by atoms with Gasteiger partial charge in [-0.25, -0.2) is 4.98 Å². The van der Waals surface area contributed by atoms with E-state index in [1.54, 1.807) is 4.90 Å². The average molecular weight is 608 g/mol. The van der Waals surface area contributed by atoms with Gasteiger partial charge in [0.25, 0.3) is 11.8 Å². The largest absolute Gasteiger partial charge is 0.433 e. The molecule has 2 aliphatic rings. The lowest BCUT2D eigenvalue weighted by molar-refractivity contribution is -0.141. The van der Waals surface area contributed by atoms with Crippen LogP contribution >= 0.6 is 0 Å². The van der Waals surface area contributed by atoms with Crippen molar-refractivity contribution >= 4 is 34.4 Å². The van der Waals surface area contributed by atoms with Crippen LogP contribution in [-0.2, 0) is 15.7 Å². The third-order valence-electron chi connectivity index (χ3n) is 6.56. The molecule has 2 aromatic heterocycles. The first kappa shape index (κ1) is 30.2. The van der Waals surface area contributed by atoms with Crippen LogP contribution in [0.25, 0.3) is 5.57 Å². The van der Waals surface area contributed by atoms with Crippen LogP contribution < -0.4 is 16.4 Å². The first-order chi connectivity index (χ1) is 21.2. The number of amides is 1. The molecular formula is C29H28F3N9O3. The van der Waals surface area contributed by atoms with E-state index in [0.29, 0.717) is 37.6 Å². The number of alkyl halides is 3. The summed E-state index contributed by atoms with van der Waals surface area (Å²) in [4.78, 5) is 21.3. The number of hydrogen-bond donors (Lipinski definition) is 5. The summed E-state index contributed by atoms with van der Waals surface area (Å²) in [5.74, 6) is 0.0955. The Labute approximate surface area is 249 Å². The molecule has 1 fully saturated rings. The van der Waals surface area contributed by atoms with Crippen molar-refractivity contribution in [1.82, 2.24) is 20.3 Å². The Kier molecular flexibility index (Phi) is 9.16. The fraction of sp³-hybridized carbons (Fsp3) is 0.207. The number of fused-ring (bicyclic) bond motifs is 1. The van der Waals surface area contributed by atoms with E-state index in [-0.39, 0.29) is 17.6 Å². The van der Waals surface area contributed by atoms with Crippen molar-refractivity contribution in [2.75, 3.05) is 36.9 Å². The van der Waals surface area contributed by atoms with E-state index in [4.69, 9.17) is 20.4 Å². The van der Waals surface area contributed by atoms with Gasteiger partial charge in [-0.3, -0.25) is 15.2 Å². The standard InChI is InChI=1S/C15H13N3O.C14H15F3N6O2/c16-14-15(19)17-12-9-5-4-8-11(12)13(18-14)10-6-2-1-3-7-10;15-14(16,17)11-2-1-9(7-20-11)19-8-10(13-21-22-25-13)12(18)23-3-5-24-6-4-23/h1-9,14H,16H2,(H,17,19);1-2,7-8,18-19,22H,3-6H2/b;10-8+,18-12?. The van der Waals surface area contributed by atoms with E-state index in [1.165, 1.54) is 12.3 Å². The van der Waals surface area contributed by atoms with Crippen LogP contribution in [0.3, 0.4) is 0 Å². The molecule has 0 radical (unpaired) electrons. The first-order valence-corrected chi connectivity index (χ1v) is 13.4. The molecule has 1 unspecified atom stereocenters. The average Bonchev–Trinajstić information content (AvgIpc) is 3.14. The number of benzodiazepines with no additional fused rings is 1. The number of pyridine rings is 1. The van der Waals surface area contributed by atoms with Gasteiger partial charge in [-0.05, 0) is 18.2 Å². The SMILES string of the molecule is N=C(/C(=C\Nc1ccc(C(F)(F)F)nc1)c1n[nH]o1)N1CCOCC1.NC1N=C(c2ccccc2)c2ccccc2NC1=O. The number of anilines is 2. The van der Waals surface area contributed by atoms with Crippen LogP contribution in [0.2, 0.25) is 0 Å². The molecule has 228 valence electrons. The lowest BCUT2D eigenvalue weighted by atomic mass is 10.0. The molecule has 1 atom stereocenters. The Balaban J connectivity index is 0.000000181. The molecule has 0 saturated carbocycles. The number of para-hydroxylation sites is 1. The fourth-order valence-corrected chi connectivity index (χ4v) is 4.30. The molecule has 0 aliphatic carbocycles. The normalized spacial score (nSPS) is 17.0. The van der Waals surface area contributed by atoms with E-state index in [9.17, 15) is 18.0 Å². The molecule has 4 heterocycles. The van der Waals surface area contributed by atoms with Crippen molar-refractivity contribution in [1.29, 1.82) is 5.41 Å². The molecule has 4 aromatic rings. The van der Waals surface area contributed by atoms with Crippen molar-refractivity contribution in [2.45, 2.75) is 12.3 Å². The molecule has 2 aromatic carbocycles. The Hall–Kier alpha value is -5.28. The zero-order valence-electron chi connectivity index (χ0n) is 23.1. The molecular weight excluding hydrogens is 579 g/mol. The number of nitrogens with zero attached hydrogens (tertiary/aromatic N) is 4. The number of halogens is 3. The van der Waals surface area contributed by atoms with Crippen molar-refractivity contribution in [3.05, 3.63) is 102 Å². The van der Waals surface area contributed by atoms with Crippen LogP contribution in [0.4, 0.5) is 24.5 Å². The van der Waals surface area contributed by atoms with Gasteiger partial charge in [-0.15, -0.1) is 10.4 Å². The molecule has 12 nitrogen and oxygen atoms in total. The number of nitrogens with two attached hydrogens (primary N) is 1. The van der Waals surface area contributed by atoms with Crippen LogP contribution in [0.5, 0.6) is 0 Å². The minimum atomic E-state index is -4.49. The molecule has 2 aliphatic heterocycles. The fourth-order valence-electron chi connectivity index (χ4n) is 4.30. The summed E-state index contributed by atoms with van der Waals surface area (Å²) in [5, 5.41) is 20.0. The summed E-state index contributed by atoms with van der Waals surface area (Å²) in [6, 6.07) is 19.4. The van der Waals surface area contributed by atoms with Crippen LogP contribution in [0.1, 0.15) is 22.7 Å². The first-order valence-electron chi connectivity index (χ1n) is 13.4. The second-order valence-corrected chi connectivity index (χ2v) is 9.51. The quantitative estimate of drug-likeness (QED) is 0.168. The van der Waals surface area contributed by atoms with Gasteiger partial charge in [0.05, 0.1) is 42.1 Å². The number of ether oxygens (including phenoxy) is 1. The summed E-state index contributed by atoms with van der Waals surface area (Å²) in [7, 11) is 0. The van der Waals surface area contributed by atoms with Gasteiger partial charge >= 0.3 is 6.18 Å². The number of carbonyl (C=O) groups is 1. The molecule has 0 bridgehead atoms. The highest BCUT2D eigenvalue weighted by molar-refractivity contribution is 6.20. The number of aromatic amines is 1. The van der Waals surface area contributed by atoms with E-state index in [1.807, 2.05) is 54.6 Å². The number of aliphatic imine (C=N–C) groups is 1. The zero-order valence-corrected chi connectivity index (χ0v) is 23.1. The van der Waals surface area contributed by atoms with Gasteiger partial charge in [0, 0.05) is 30.4 Å². The third-order valence-corrected chi connectivity index (χ3v) is 6.56. The number of carbonyl (C=O) groups excluding carboxylic acids is 1. The maximum atomic E-state index is 12.5. The number of morpholine rings is 1. The van der Waals surface area contributed by atoms with Crippen molar-refractivity contribution in [3.63, 3.8) is 0 Å². The smallest absolute Gasteiger partial charge is 0.378 e. The Morgan fingerprint density at radius 1 is 1.07 bits per heavy atom. The van der Waals surface area contributed by atoms with Crippen LogP contribution in [0.15, 0.2) is 88.6 Å². The topological polar surface area (TPSA) is 171 Å². The van der Waals surface area contributed by atoms with Gasteiger partial charge in [-0.2, -0.15) is 13.2 Å². The molecule has 1 amide bonds. The van der Waals surface area contributed by atoms with Crippen LogP contribution in [-0.4, -0.2) is 70.2 Å². The number of nitrogens with one attached hydrogen (secondary N) is 4. The van der Waals surface area contributed by atoms with Crippen molar-refractivity contribution in [2.24, 2.45) is 10.7 Å². The van der Waals surface area contributed by atoms with Crippen LogP contribution in [0, 0.1) is 5.41 Å². The number of rotatable bonds is 5. The van der Waals surface area contributed by atoms with E-state index >= 15 is 0 Å². The molecule has 6 N–H and O–H groups in total. The van der Waals surface area contributed by atoms with Gasteiger partial charge in [-0.1, -0.05) is 48.5 Å². The zero-order chi connectivity index (χ0) is 31.1. The summed E-state index contributed by atoms with van der Waals surface area (Å²) in [6.07, 6.45) is -2.86. The number of aromatic nitrogens is 3. The molecule has 15 heteroatoms. The van der Waals surface area contributed by atoms with E-state index < -0.39 is 18.0 Å². The van der Waals surface area contributed by atoms with Gasteiger partial charge in [0.15, 0.2) is 6.17 Å². The summed E-state index contributed by atoms with van der Waals surface area (Å²) < 4.78 is 47.8. The molecule has 44 heavy (non-hydrogen) atoms. The highest BCUT2D eigenvalue weighted by Gasteiger charge is 2.32. The monoisotopic (exact) mass is 607 g/mol. The van der Waals surface area contributed by atoms with Gasteiger partial charge in [0.1, 0.15) is 11.5 Å². The Morgan fingerprint density at radius 3 is 2.41 bits per heavy atom. The summed E-state index contributed by atoms with van der Waals surface area (Å²) in [6.45, 7) is 2.13. The maximum Gasteiger partial charge on any atom is 0.433 e. The van der Waals surface area contributed by atoms with Gasteiger partial charge in [0.2, 0.25) is 0 Å². The number of amidine groups is 1. The Bertz CT molecular complexity index is 1630. The highest BCUT2D eigenvalue weighted by atomic mass is 19.4. The van der Waals surface area contributed by atoms with E-state index in [0.717, 1.165) is 34.8 Å². The number of benzene rings is 2. The Morgan fingerprint density at radius 2 is 1.77 bits per heavy atom. The maximum absolute atomic E-state index is 12.5. The minimum absolute atomic E-state index is 0.177. The predicted octanol–water partition coefficient (Wildman–Crippen LogP) is 3.94. The number of H-pyrrole nitrogens is 1. The minimum Gasteiger partial charge on any atom is -0.378 e. The van der Waals surface area contributed by atoms with Gasteiger partial charge < -0.3 is 30.5 Å². The van der Waals surface area contributed by atoms with E-state index in [2.05, 4.69) is 31.0 Å². The second kappa shape index (κ2) is 13.4. The second-order valence-electron chi connectivity index (χ2n) is 9.51. The molecule has 6 rings (SSSR count). The van der Waals surface area contributed by atoms with Crippen molar-refractivity contribution < 1.29 is 27.2 Å². The highest BCUT2D eigenvalue weighted by Crippen LogP contribution is 2.28. The van der Waals surface area contributed by atoms with Crippen molar-refractivity contribution in [3.8, 4) is 0 Å². The summed E-state index contributed by atoms with van der Waals surface area (Å²) >= 11 is 0. The summed E-state index contributed by atoms with van der Waals surface area (Å²) in [5.41, 5.74) is 8.82.